The second kappa shape index (κ2) is 6.06. The fourth-order valence-electron chi connectivity index (χ4n) is 2.67. The van der Waals surface area contributed by atoms with E-state index in [1.54, 1.807) is 0 Å². The fourth-order valence-corrected chi connectivity index (χ4v) is 3.44. The van der Waals surface area contributed by atoms with Crippen LogP contribution in [-0.4, -0.2) is 18.5 Å². The molecule has 19 heavy (non-hydrogen) atoms. The number of carbonyl (C=O) groups is 1. The van der Waals surface area contributed by atoms with E-state index in [0.717, 1.165) is 35.1 Å². The highest BCUT2D eigenvalue weighted by Crippen LogP contribution is 2.29. The van der Waals surface area contributed by atoms with Crippen LogP contribution in [0.4, 0.5) is 5.69 Å². The minimum absolute atomic E-state index is 0.115. The molecule has 1 heterocycles. The first-order chi connectivity index (χ1) is 8.97. The number of rotatable bonds is 2. The lowest BCUT2D eigenvalue weighted by atomic mass is 9.92. The van der Waals surface area contributed by atoms with Crippen LogP contribution < -0.4 is 10.6 Å². The minimum Gasteiger partial charge on any atom is -0.325 e. The average molecular weight is 325 g/mol. The van der Waals surface area contributed by atoms with Gasteiger partial charge in [-0.15, -0.1) is 0 Å². The predicted octanol–water partition coefficient (Wildman–Crippen LogP) is 3.39. The minimum atomic E-state index is 0.115. The molecular formula is C15H21BrN2O. The normalized spacial score (nSPS) is 23.2. The third-order valence-corrected chi connectivity index (χ3v) is 4.30. The van der Waals surface area contributed by atoms with Crippen molar-refractivity contribution in [3.63, 3.8) is 0 Å². The zero-order valence-corrected chi connectivity index (χ0v) is 13.3. The van der Waals surface area contributed by atoms with Crippen LogP contribution in [0.1, 0.15) is 30.9 Å². The van der Waals surface area contributed by atoms with E-state index in [0.29, 0.717) is 6.04 Å². The molecule has 1 aromatic rings. The summed E-state index contributed by atoms with van der Waals surface area (Å²) in [6.07, 6.45) is 1.83. The molecule has 0 aliphatic carbocycles. The Morgan fingerprint density at radius 1 is 1.42 bits per heavy atom. The molecule has 4 heteroatoms. The number of piperidine rings is 1. The number of anilines is 1. The van der Waals surface area contributed by atoms with E-state index >= 15 is 0 Å². The van der Waals surface area contributed by atoms with Gasteiger partial charge in [0.2, 0.25) is 5.91 Å². The lowest BCUT2D eigenvalue weighted by Gasteiger charge is -2.27. The van der Waals surface area contributed by atoms with Crippen molar-refractivity contribution < 1.29 is 4.79 Å². The number of halogens is 1. The molecule has 0 bridgehead atoms. The molecule has 1 aromatic carbocycles. The van der Waals surface area contributed by atoms with Crippen LogP contribution in [0.3, 0.4) is 0 Å². The zero-order chi connectivity index (χ0) is 14.0. The number of benzene rings is 1. The van der Waals surface area contributed by atoms with Gasteiger partial charge in [0.05, 0.1) is 5.69 Å². The molecular weight excluding hydrogens is 304 g/mol. The molecule has 1 amide bonds. The maximum atomic E-state index is 12.3. The van der Waals surface area contributed by atoms with Crippen molar-refractivity contribution in [3.8, 4) is 0 Å². The van der Waals surface area contributed by atoms with Crippen LogP contribution in [0, 0.1) is 19.8 Å². The smallest absolute Gasteiger partial charge is 0.227 e. The molecule has 1 aliphatic heterocycles. The van der Waals surface area contributed by atoms with Gasteiger partial charge in [-0.1, -0.05) is 6.07 Å². The summed E-state index contributed by atoms with van der Waals surface area (Å²) >= 11 is 3.54. The summed E-state index contributed by atoms with van der Waals surface area (Å²) in [4.78, 5) is 12.3. The van der Waals surface area contributed by atoms with Crippen molar-refractivity contribution in [1.29, 1.82) is 0 Å². The van der Waals surface area contributed by atoms with Crippen LogP contribution in [0.15, 0.2) is 16.6 Å². The van der Waals surface area contributed by atoms with Gasteiger partial charge in [-0.2, -0.15) is 0 Å². The highest BCUT2D eigenvalue weighted by Gasteiger charge is 2.25. The third-order valence-electron chi connectivity index (χ3n) is 3.67. The molecule has 0 spiro atoms. The number of aryl methyl sites for hydroxylation is 2. The first-order valence-electron chi connectivity index (χ1n) is 6.78. The maximum Gasteiger partial charge on any atom is 0.227 e. The van der Waals surface area contributed by atoms with E-state index in [-0.39, 0.29) is 11.8 Å². The van der Waals surface area contributed by atoms with Crippen molar-refractivity contribution in [2.75, 3.05) is 11.9 Å². The molecule has 2 rings (SSSR count). The van der Waals surface area contributed by atoms with Gasteiger partial charge in [-0.25, -0.2) is 0 Å². The molecule has 0 aromatic heterocycles. The number of nitrogens with one attached hydrogen (secondary N) is 2. The monoisotopic (exact) mass is 324 g/mol. The van der Waals surface area contributed by atoms with Crippen LogP contribution in [0.5, 0.6) is 0 Å². The van der Waals surface area contributed by atoms with E-state index < -0.39 is 0 Å². The largest absolute Gasteiger partial charge is 0.325 e. The van der Waals surface area contributed by atoms with Crippen molar-refractivity contribution in [3.05, 3.63) is 27.7 Å². The lowest BCUT2D eigenvalue weighted by molar-refractivity contribution is -0.120. The first kappa shape index (κ1) is 14.5. The van der Waals surface area contributed by atoms with Crippen molar-refractivity contribution in [1.82, 2.24) is 5.32 Å². The summed E-state index contributed by atoms with van der Waals surface area (Å²) < 4.78 is 0.959. The van der Waals surface area contributed by atoms with Crippen LogP contribution in [0.25, 0.3) is 0 Å². The summed E-state index contributed by atoms with van der Waals surface area (Å²) in [6.45, 7) is 7.13. The summed E-state index contributed by atoms with van der Waals surface area (Å²) in [5.41, 5.74) is 3.20. The maximum absolute atomic E-state index is 12.3. The Morgan fingerprint density at radius 2 is 2.16 bits per heavy atom. The Hall–Kier alpha value is -0.870. The van der Waals surface area contributed by atoms with Gasteiger partial charge in [0.25, 0.3) is 0 Å². The van der Waals surface area contributed by atoms with E-state index in [4.69, 9.17) is 0 Å². The van der Waals surface area contributed by atoms with Crippen LogP contribution in [-0.2, 0) is 4.79 Å². The van der Waals surface area contributed by atoms with Gasteiger partial charge >= 0.3 is 0 Å². The summed E-state index contributed by atoms with van der Waals surface area (Å²) in [5.74, 6) is 0.254. The lowest BCUT2D eigenvalue weighted by Crippen LogP contribution is -2.40. The summed E-state index contributed by atoms with van der Waals surface area (Å²) in [7, 11) is 0. The van der Waals surface area contributed by atoms with Crippen molar-refractivity contribution in [2.24, 2.45) is 5.92 Å². The summed E-state index contributed by atoms with van der Waals surface area (Å²) in [5, 5.41) is 6.45. The van der Waals surface area contributed by atoms with Gasteiger partial charge in [0.15, 0.2) is 0 Å². The highest BCUT2D eigenvalue weighted by molar-refractivity contribution is 9.10. The highest BCUT2D eigenvalue weighted by atomic mass is 79.9. The first-order valence-corrected chi connectivity index (χ1v) is 7.57. The van der Waals surface area contributed by atoms with Gasteiger partial charge in [-0.3, -0.25) is 4.79 Å². The molecule has 2 atom stereocenters. The Balaban J connectivity index is 2.10. The van der Waals surface area contributed by atoms with Crippen molar-refractivity contribution >= 4 is 27.5 Å². The Bertz CT molecular complexity index is 464. The molecule has 1 saturated heterocycles. The van der Waals surface area contributed by atoms with E-state index in [1.165, 1.54) is 5.56 Å². The average Bonchev–Trinajstić information content (AvgIpc) is 2.33. The molecule has 104 valence electrons. The number of hydrogen-bond acceptors (Lipinski definition) is 2. The van der Waals surface area contributed by atoms with Crippen LogP contribution >= 0.6 is 15.9 Å². The molecule has 1 fully saturated rings. The second-order valence-corrected chi connectivity index (χ2v) is 6.36. The third kappa shape index (κ3) is 3.57. The number of hydrogen-bond donors (Lipinski definition) is 2. The second-order valence-electron chi connectivity index (χ2n) is 5.50. The zero-order valence-electron chi connectivity index (χ0n) is 11.7. The molecule has 0 radical (unpaired) electrons. The van der Waals surface area contributed by atoms with E-state index in [2.05, 4.69) is 46.5 Å². The predicted molar refractivity (Wildman–Crippen MR) is 82.4 cm³/mol. The number of amides is 1. The number of carbonyl (C=O) groups excluding carboxylic acids is 1. The Kier molecular flexibility index (Phi) is 4.63. The quantitative estimate of drug-likeness (QED) is 0.875. The molecule has 3 nitrogen and oxygen atoms in total. The molecule has 0 saturated carbocycles. The molecule has 2 N–H and O–H groups in total. The molecule has 2 unspecified atom stereocenters. The molecule has 1 aliphatic rings. The van der Waals surface area contributed by atoms with Crippen LogP contribution in [0.2, 0.25) is 0 Å². The van der Waals surface area contributed by atoms with Gasteiger partial charge in [-0.05, 0) is 73.3 Å². The van der Waals surface area contributed by atoms with Gasteiger partial charge in [0, 0.05) is 16.4 Å². The standard InChI is InChI=1S/C15H21BrN2O/c1-9-6-10(2)14(13(16)7-9)18-15(19)12-4-5-17-11(3)8-12/h6-7,11-12,17H,4-5,8H2,1-3H3,(H,18,19). The van der Waals surface area contributed by atoms with Gasteiger partial charge < -0.3 is 10.6 Å². The fraction of sp³-hybridized carbons (Fsp3) is 0.533. The van der Waals surface area contributed by atoms with Gasteiger partial charge in [0.1, 0.15) is 0 Å². The Labute approximate surface area is 123 Å². The van der Waals surface area contributed by atoms with Crippen molar-refractivity contribution in [2.45, 2.75) is 39.7 Å². The summed E-state index contributed by atoms with van der Waals surface area (Å²) in [6, 6.07) is 4.55. The van der Waals surface area contributed by atoms with E-state index in [9.17, 15) is 4.79 Å². The topological polar surface area (TPSA) is 41.1 Å². The van der Waals surface area contributed by atoms with E-state index in [1.807, 2.05) is 13.0 Å². The SMILES string of the molecule is Cc1cc(C)c(NC(=O)C2CCNC(C)C2)c(Br)c1. The Morgan fingerprint density at radius 3 is 2.79 bits per heavy atom.